The van der Waals surface area contributed by atoms with E-state index in [1.165, 1.54) is 6.33 Å². The van der Waals surface area contributed by atoms with Crippen LogP contribution in [0.2, 0.25) is 0 Å². The molecule has 0 saturated carbocycles. The molecular formula is C27H29N5O4S2. The zero-order chi connectivity index (χ0) is 26.6. The largest absolute Gasteiger partial charge is 0.385 e. The molecule has 4 aromatic rings. The molecule has 0 bridgehead atoms. The minimum atomic E-state index is -3.58. The maximum absolute atomic E-state index is 12.9. The smallest absolute Gasteiger partial charge is 0.206 e. The van der Waals surface area contributed by atoms with Gasteiger partial charge in [0.15, 0.2) is 9.84 Å². The topological polar surface area (TPSA) is 121 Å². The van der Waals surface area contributed by atoms with E-state index in [1.807, 2.05) is 18.2 Å². The average Bonchev–Trinajstić information content (AvgIpc) is 2.93. The van der Waals surface area contributed by atoms with Crippen LogP contribution in [0.15, 0.2) is 88.9 Å². The molecule has 1 aromatic heterocycles. The number of fused-ring (bicyclic) bond motifs is 1. The van der Waals surface area contributed by atoms with E-state index in [2.05, 4.69) is 25.5 Å². The van der Waals surface area contributed by atoms with Gasteiger partial charge in [-0.2, -0.15) is 0 Å². The van der Waals surface area contributed by atoms with Crippen molar-refractivity contribution in [1.82, 2.24) is 14.9 Å². The molecule has 198 valence electrons. The van der Waals surface area contributed by atoms with Gasteiger partial charge in [-0.3, -0.25) is 0 Å². The van der Waals surface area contributed by atoms with Gasteiger partial charge < -0.3 is 15.5 Å². The second-order valence-corrected chi connectivity index (χ2v) is 13.4. The van der Waals surface area contributed by atoms with Crippen LogP contribution in [0.4, 0.5) is 17.2 Å². The molecule has 0 aliphatic carbocycles. The van der Waals surface area contributed by atoms with Crippen molar-refractivity contribution >= 4 is 47.8 Å². The molecule has 5 rings (SSSR count). The SMILES string of the molecule is O=S1(=O)CCN(CCCNc2ccc3ncnc(Nc4ccc(S(=O)(=O)c5ccccc5)cc4)c3c2)CC1. The van der Waals surface area contributed by atoms with E-state index in [1.54, 1.807) is 54.6 Å². The lowest BCUT2D eigenvalue weighted by atomic mass is 10.2. The second kappa shape index (κ2) is 11.1. The minimum Gasteiger partial charge on any atom is -0.385 e. The Balaban J connectivity index is 1.24. The van der Waals surface area contributed by atoms with E-state index >= 15 is 0 Å². The molecule has 2 N–H and O–H groups in total. The molecule has 0 atom stereocenters. The number of nitrogens with zero attached hydrogens (tertiary/aromatic N) is 3. The molecule has 1 aliphatic rings. The molecule has 11 heteroatoms. The zero-order valence-corrected chi connectivity index (χ0v) is 22.4. The fraction of sp³-hybridized carbons (Fsp3) is 0.259. The van der Waals surface area contributed by atoms with Crippen LogP contribution in [-0.2, 0) is 19.7 Å². The first-order valence-corrected chi connectivity index (χ1v) is 15.7. The molecule has 1 saturated heterocycles. The van der Waals surface area contributed by atoms with Crippen LogP contribution in [0.1, 0.15) is 6.42 Å². The summed E-state index contributed by atoms with van der Waals surface area (Å²) in [6.07, 6.45) is 2.39. The third kappa shape index (κ3) is 6.12. The van der Waals surface area contributed by atoms with E-state index < -0.39 is 19.7 Å². The van der Waals surface area contributed by atoms with Crippen molar-refractivity contribution in [3.05, 3.63) is 79.1 Å². The van der Waals surface area contributed by atoms with Crippen LogP contribution in [0.25, 0.3) is 10.9 Å². The summed E-state index contributed by atoms with van der Waals surface area (Å²) in [4.78, 5) is 11.4. The summed E-state index contributed by atoms with van der Waals surface area (Å²) in [6, 6.07) is 20.8. The summed E-state index contributed by atoms with van der Waals surface area (Å²) in [5.41, 5.74) is 2.42. The van der Waals surface area contributed by atoms with E-state index in [-0.39, 0.29) is 21.3 Å². The molecule has 0 spiro atoms. The van der Waals surface area contributed by atoms with Crippen LogP contribution in [-0.4, -0.2) is 69.4 Å². The van der Waals surface area contributed by atoms with Gasteiger partial charge >= 0.3 is 0 Å². The van der Waals surface area contributed by atoms with Gasteiger partial charge in [0.05, 0.1) is 26.8 Å². The van der Waals surface area contributed by atoms with Crippen molar-refractivity contribution in [3.8, 4) is 0 Å². The highest BCUT2D eigenvalue weighted by Crippen LogP contribution is 2.27. The Bertz CT molecular complexity index is 1610. The molecule has 1 fully saturated rings. The van der Waals surface area contributed by atoms with Crippen molar-refractivity contribution in [2.45, 2.75) is 16.2 Å². The van der Waals surface area contributed by atoms with Crippen molar-refractivity contribution in [3.63, 3.8) is 0 Å². The molecular weight excluding hydrogens is 522 g/mol. The second-order valence-electron chi connectivity index (χ2n) is 9.19. The first-order chi connectivity index (χ1) is 18.3. The number of aromatic nitrogens is 2. The standard InChI is InChI=1S/C27H29N5O4S2/c33-37(34)17-15-32(16-18-37)14-4-13-28-22-9-12-26-25(19-22)27(30-20-29-26)31-21-7-10-24(11-8-21)38(35,36)23-5-2-1-3-6-23/h1-3,5-12,19-20,28H,4,13-18H2,(H,29,30,31). The number of rotatable bonds is 9. The van der Waals surface area contributed by atoms with Crippen LogP contribution in [0.3, 0.4) is 0 Å². The third-order valence-electron chi connectivity index (χ3n) is 6.53. The van der Waals surface area contributed by atoms with Crippen molar-refractivity contribution < 1.29 is 16.8 Å². The summed E-state index contributed by atoms with van der Waals surface area (Å²) >= 11 is 0. The highest BCUT2D eigenvalue weighted by Gasteiger charge is 2.21. The molecule has 0 amide bonds. The average molecular weight is 552 g/mol. The van der Waals surface area contributed by atoms with Crippen LogP contribution < -0.4 is 10.6 Å². The molecule has 0 unspecified atom stereocenters. The Labute approximate surface area is 222 Å². The molecule has 9 nitrogen and oxygen atoms in total. The fourth-order valence-corrected chi connectivity index (χ4v) is 6.92. The van der Waals surface area contributed by atoms with E-state index in [4.69, 9.17) is 0 Å². The minimum absolute atomic E-state index is 0.222. The molecule has 0 radical (unpaired) electrons. The zero-order valence-electron chi connectivity index (χ0n) is 20.7. The number of nitrogens with one attached hydrogen (secondary N) is 2. The van der Waals surface area contributed by atoms with Gasteiger partial charge in [-0.1, -0.05) is 18.2 Å². The number of benzene rings is 3. The van der Waals surface area contributed by atoms with Gasteiger partial charge in [0.2, 0.25) is 9.84 Å². The summed E-state index contributed by atoms with van der Waals surface area (Å²) < 4.78 is 48.9. The quantitative estimate of drug-likeness (QED) is 0.300. The Morgan fingerprint density at radius 2 is 1.53 bits per heavy atom. The maximum atomic E-state index is 12.9. The van der Waals surface area contributed by atoms with E-state index in [0.29, 0.717) is 24.6 Å². The van der Waals surface area contributed by atoms with Gasteiger partial charge in [0, 0.05) is 36.4 Å². The van der Waals surface area contributed by atoms with Gasteiger partial charge in [-0.15, -0.1) is 0 Å². The van der Waals surface area contributed by atoms with Crippen molar-refractivity contribution in [1.29, 1.82) is 0 Å². The predicted molar refractivity (Wildman–Crippen MR) is 149 cm³/mol. The van der Waals surface area contributed by atoms with E-state index in [0.717, 1.165) is 36.1 Å². The number of hydrogen-bond donors (Lipinski definition) is 2. The fourth-order valence-electron chi connectivity index (χ4n) is 4.37. The van der Waals surface area contributed by atoms with Gasteiger partial charge in [-0.05, 0) is 67.6 Å². The van der Waals surface area contributed by atoms with Gasteiger partial charge in [0.25, 0.3) is 0 Å². The highest BCUT2D eigenvalue weighted by atomic mass is 32.2. The lowest BCUT2D eigenvalue weighted by molar-refractivity contribution is 0.295. The number of hydrogen-bond acceptors (Lipinski definition) is 9. The Morgan fingerprint density at radius 1 is 0.842 bits per heavy atom. The van der Waals surface area contributed by atoms with Crippen LogP contribution in [0.5, 0.6) is 0 Å². The van der Waals surface area contributed by atoms with Crippen molar-refractivity contribution in [2.24, 2.45) is 0 Å². The Morgan fingerprint density at radius 3 is 2.26 bits per heavy atom. The van der Waals surface area contributed by atoms with Gasteiger partial charge in [-0.25, -0.2) is 26.8 Å². The van der Waals surface area contributed by atoms with Crippen molar-refractivity contribution in [2.75, 3.05) is 48.3 Å². The van der Waals surface area contributed by atoms with E-state index in [9.17, 15) is 16.8 Å². The van der Waals surface area contributed by atoms with Crippen LogP contribution >= 0.6 is 0 Å². The first kappa shape index (κ1) is 26.1. The maximum Gasteiger partial charge on any atom is 0.206 e. The molecule has 2 heterocycles. The monoisotopic (exact) mass is 551 g/mol. The summed E-state index contributed by atoms with van der Waals surface area (Å²) in [7, 11) is -6.44. The van der Waals surface area contributed by atoms with Crippen LogP contribution in [0, 0.1) is 0 Å². The lowest BCUT2D eigenvalue weighted by Gasteiger charge is -2.26. The summed E-state index contributed by atoms with van der Waals surface area (Å²) in [5.74, 6) is 1.10. The highest BCUT2D eigenvalue weighted by molar-refractivity contribution is 7.91. The number of anilines is 3. The third-order valence-corrected chi connectivity index (χ3v) is 9.93. The number of sulfone groups is 2. The summed E-state index contributed by atoms with van der Waals surface area (Å²) in [5, 5.41) is 7.54. The first-order valence-electron chi connectivity index (χ1n) is 12.4. The summed E-state index contributed by atoms with van der Waals surface area (Å²) in [6.45, 7) is 2.80. The molecule has 3 aromatic carbocycles. The normalized spacial score (nSPS) is 15.8. The van der Waals surface area contributed by atoms with Gasteiger partial charge in [0.1, 0.15) is 12.1 Å². The Kier molecular flexibility index (Phi) is 7.59. The Hall–Kier alpha value is -3.54. The molecule has 1 aliphatic heterocycles. The predicted octanol–water partition coefficient (Wildman–Crippen LogP) is 3.74. The lowest BCUT2D eigenvalue weighted by Crippen LogP contribution is -2.41. The molecule has 38 heavy (non-hydrogen) atoms.